The first-order valence-electron chi connectivity index (χ1n) is 5.03. The van der Waals surface area contributed by atoms with Gasteiger partial charge in [0.15, 0.2) is 5.78 Å². The molecule has 0 saturated heterocycles. The first-order valence-corrected chi connectivity index (χ1v) is 5.03. The first kappa shape index (κ1) is 13.5. The van der Waals surface area contributed by atoms with Crippen LogP contribution in [0.5, 0.6) is 0 Å². The third-order valence-corrected chi connectivity index (χ3v) is 2.38. The second kappa shape index (κ2) is 5.70. The molecule has 5 heteroatoms. The summed E-state index contributed by atoms with van der Waals surface area (Å²) < 4.78 is 0. The molecule has 0 aromatic heterocycles. The fourth-order valence-electron chi connectivity index (χ4n) is 1.57. The SMILES string of the molecule is O.O=C(c1ccccc1)c1ccccc1[N+](=O)[O-]. The van der Waals surface area contributed by atoms with Gasteiger partial charge in [0.05, 0.1) is 4.92 Å². The zero-order chi connectivity index (χ0) is 12.3. The van der Waals surface area contributed by atoms with Crippen LogP contribution in [-0.4, -0.2) is 16.2 Å². The summed E-state index contributed by atoms with van der Waals surface area (Å²) in [4.78, 5) is 22.3. The maximum Gasteiger partial charge on any atom is 0.280 e. The normalized spacial score (nSPS) is 9.33. The third kappa shape index (κ3) is 2.58. The predicted molar refractivity (Wildman–Crippen MR) is 66.6 cm³/mol. The van der Waals surface area contributed by atoms with E-state index in [4.69, 9.17) is 0 Å². The van der Waals surface area contributed by atoms with Gasteiger partial charge in [-0.15, -0.1) is 0 Å². The van der Waals surface area contributed by atoms with Crippen molar-refractivity contribution in [1.82, 2.24) is 0 Å². The van der Waals surface area contributed by atoms with E-state index in [1.54, 1.807) is 42.5 Å². The second-order valence-electron chi connectivity index (χ2n) is 3.47. The van der Waals surface area contributed by atoms with Crippen molar-refractivity contribution in [3.63, 3.8) is 0 Å². The number of rotatable bonds is 3. The zero-order valence-corrected chi connectivity index (χ0v) is 9.37. The van der Waals surface area contributed by atoms with Crippen molar-refractivity contribution >= 4 is 11.5 Å². The summed E-state index contributed by atoms with van der Waals surface area (Å²) in [7, 11) is 0. The molecule has 0 radical (unpaired) electrons. The van der Waals surface area contributed by atoms with Gasteiger partial charge in [0.25, 0.3) is 5.69 Å². The molecule has 5 nitrogen and oxygen atoms in total. The highest BCUT2D eigenvalue weighted by Crippen LogP contribution is 2.20. The van der Waals surface area contributed by atoms with Gasteiger partial charge in [-0.2, -0.15) is 0 Å². The summed E-state index contributed by atoms with van der Waals surface area (Å²) in [6, 6.07) is 14.5. The molecule has 18 heavy (non-hydrogen) atoms. The summed E-state index contributed by atoms with van der Waals surface area (Å²) in [5, 5.41) is 10.8. The van der Waals surface area contributed by atoms with Crippen LogP contribution in [0.3, 0.4) is 0 Å². The van der Waals surface area contributed by atoms with Crippen molar-refractivity contribution in [2.75, 3.05) is 0 Å². The summed E-state index contributed by atoms with van der Waals surface area (Å²) in [6.07, 6.45) is 0. The number of nitro benzene ring substituents is 1. The number of nitrogens with zero attached hydrogens (tertiary/aromatic N) is 1. The second-order valence-corrected chi connectivity index (χ2v) is 3.47. The molecule has 0 heterocycles. The molecule has 0 spiro atoms. The highest BCUT2D eigenvalue weighted by Gasteiger charge is 2.19. The maximum atomic E-state index is 12.1. The van der Waals surface area contributed by atoms with E-state index >= 15 is 0 Å². The molecule has 0 aliphatic carbocycles. The standard InChI is InChI=1S/C13H9NO3.H2O/c15-13(10-6-2-1-3-7-10)11-8-4-5-9-12(11)14(16)17;/h1-9H;1H2. The minimum atomic E-state index is -0.545. The zero-order valence-electron chi connectivity index (χ0n) is 9.37. The molecule has 0 fully saturated rings. The molecule has 0 amide bonds. The van der Waals surface area contributed by atoms with Crippen LogP contribution in [0.25, 0.3) is 0 Å². The van der Waals surface area contributed by atoms with Crippen LogP contribution in [0.15, 0.2) is 54.6 Å². The van der Waals surface area contributed by atoms with Gasteiger partial charge in [0.1, 0.15) is 5.56 Å². The van der Waals surface area contributed by atoms with E-state index in [0.717, 1.165) is 0 Å². The smallest absolute Gasteiger partial charge is 0.280 e. The van der Waals surface area contributed by atoms with E-state index in [-0.39, 0.29) is 22.5 Å². The Bertz CT molecular complexity index is 566. The van der Waals surface area contributed by atoms with Crippen LogP contribution < -0.4 is 0 Å². The summed E-state index contributed by atoms with van der Waals surface area (Å²) in [5.41, 5.74) is 0.395. The van der Waals surface area contributed by atoms with Gasteiger partial charge in [-0.25, -0.2) is 0 Å². The monoisotopic (exact) mass is 245 g/mol. The molecule has 2 rings (SSSR count). The van der Waals surface area contributed by atoms with Crippen molar-refractivity contribution in [3.05, 3.63) is 75.8 Å². The number of hydrogen-bond acceptors (Lipinski definition) is 3. The van der Waals surface area contributed by atoms with Gasteiger partial charge in [-0.05, 0) is 6.07 Å². The molecule has 2 aromatic rings. The molecule has 0 atom stereocenters. The van der Waals surface area contributed by atoms with Crippen molar-refractivity contribution in [1.29, 1.82) is 0 Å². The Morgan fingerprint density at radius 3 is 2.11 bits per heavy atom. The largest absolute Gasteiger partial charge is 0.412 e. The number of benzene rings is 2. The van der Waals surface area contributed by atoms with Gasteiger partial charge in [-0.3, -0.25) is 14.9 Å². The molecule has 2 N–H and O–H groups in total. The van der Waals surface area contributed by atoms with E-state index in [2.05, 4.69) is 0 Å². The Morgan fingerprint density at radius 2 is 1.50 bits per heavy atom. The van der Waals surface area contributed by atoms with E-state index in [9.17, 15) is 14.9 Å². The molecule has 2 aromatic carbocycles. The van der Waals surface area contributed by atoms with Crippen LogP contribution in [0.1, 0.15) is 15.9 Å². The highest BCUT2D eigenvalue weighted by molar-refractivity contribution is 6.11. The molecular formula is C13H11NO4. The lowest BCUT2D eigenvalue weighted by Crippen LogP contribution is -2.04. The van der Waals surface area contributed by atoms with E-state index < -0.39 is 4.92 Å². The van der Waals surface area contributed by atoms with Crippen LogP contribution in [-0.2, 0) is 0 Å². The van der Waals surface area contributed by atoms with Crippen molar-refractivity contribution in [3.8, 4) is 0 Å². The van der Waals surface area contributed by atoms with Crippen LogP contribution in [0.2, 0.25) is 0 Å². The van der Waals surface area contributed by atoms with Crippen molar-refractivity contribution in [2.45, 2.75) is 0 Å². The van der Waals surface area contributed by atoms with Gasteiger partial charge in [-0.1, -0.05) is 42.5 Å². The average molecular weight is 245 g/mol. The molecule has 92 valence electrons. The predicted octanol–water partition coefficient (Wildman–Crippen LogP) is 2.00. The van der Waals surface area contributed by atoms with E-state index in [0.29, 0.717) is 5.56 Å². The molecule has 0 unspecified atom stereocenters. The molecule has 0 aliphatic rings. The third-order valence-electron chi connectivity index (χ3n) is 2.38. The number of carbonyl (C=O) groups excluding carboxylic acids is 1. The van der Waals surface area contributed by atoms with E-state index in [1.807, 2.05) is 0 Å². The van der Waals surface area contributed by atoms with Crippen LogP contribution in [0, 0.1) is 10.1 Å². The molecule has 0 saturated carbocycles. The van der Waals surface area contributed by atoms with Crippen LogP contribution >= 0.6 is 0 Å². The highest BCUT2D eigenvalue weighted by atomic mass is 16.6. The van der Waals surface area contributed by atoms with Gasteiger partial charge >= 0.3 is 0 Å². The summed E-state index contributed by atoms with van der Waals surface area (Å²) >= 11 is 0. The number of nitro groups is 1. The van der Waals surface area contributed by atoms with Gasteiger partial charge in [0.2, 0.25) is 0 Å². The Labute approximate surface area is 103 Å². The Hall–Kier alpha value is -2.53. The summed E-state index contributed by atoms with van der Waals surface area (Å²) in [6.45, 7) is 0. The number of para-hydroxylation sites is 1. The van der Waals surface area contributed by atoms with Crippen molar-refractivity contribution < 1.29 is 15.2 Å². The van der Waals surface area contributed by atoms with E-state index in [1.165, 1.54) is 12.1 Å². The maximum absolute atomic E-state index is 12.1. The minimum absolute atomic E-state index is 0. The first-order chi connectivity index (χ1) is 8.20. The number of ketones is 1. The number of carbonyl (C=O) groups is 1. The Morgan fingerprint density at radius 1 is 0.944 bits per heavy atom. The Kier molecular flexibility index (Phi) is 4.28. The van der Waals surface area contributed by atoms with Crippen molar-refractivity contribution in [2.24, 2.45) is 0 Å². The average Bonchev–Trinajstić information content (AvgIpc) is 2.39. The minimum Gasteiger partial charge on any atom is -0.412 e. The lowest BCUT2D eigenvalue weighted by atomic mass is 10.0. The lowest BCUT2D eigenvalue weighted by Gasteiger charge is -2.01. The van der Waals surface area contributed by atoms with Crippen LogP contribution in [0.4, 0.5) is 5.69 Å². The fraction of sp³-hybridized carbons (Fsp3) is 0. The quantitative estimate of drug-likeness (QED) is 0.470. The van der Waals surface area contributed by atoms with Gasteiger partial charge in [0, 0.05) is 11.6 Å². The topological polar surface area (TPSA) is 91.7 Å². The molecule has 0 aliphatic heterocycles. The number of hydrogen-bond donors (Lipinski definition) is 0. The molecule has 0 bridgehead atoms. The fourth-order valence-corrected chi connectivity index (χ4v) is 1.57. The van der Waals surface area contributed by atoms with Gasteiger partial charge < -0.3 is 5.48 Å². The molecular weight excluding hydrogens is 234 g/mol. The lowest BCUT2D eigenvalue weighted by molar-refractivity contribution is -0.385. The summed E-state index contributed by atoms with van der Waals surface area (Å²) in [5.74, 6) is -0.335. The Balaban J connectivity index is 0.00000162.